The van der Waals surface area contributed by atoms with E-state index < -0.39 is 5.54 Å². The molecule has 0 spiro atoms. The van der Waals surface area contributed by atoms with Gasteiger partial charge in [-0.1, -0.05) is 44.4 Å². The van der Waals surface area contributed by atoms with Gasteiger partial charge in [0.1, 0.15) is 11.3 Å². The highest BCUT2D eigenvalue weighted by Crippen LogP contribution is 2.40. The molecule has 0 bridgehead atoms. The fourth-order valence-electron chi connectivity index (χ4n) is 4.24. The van der Waals surface area contributed by atoms with Crippen LogP contribution in [-0.4, -0.2) is 31.5 Å². The molecule has 0 saturated heterocycles. The van der Waals surface area contributed by atoms with Crippen LogP contribution in [0.2, 0.25) is 0 Å². The van der Waals surface area contributed by atoms with Gasteiger partial charge >= 0.3 is 0 Å². The molecular weight excluding hydrogens is 362 g/mol. The van der Waals surface area contributed by atoms with Crippen molar-refractivity contribution in [2.75, 3.05) is 0 Å². The van der Waals surface area contributed by atoms with Crippen LogP contribution >= 0.6 is 0 Å². The van der Waals surface area contributed by atoms with Gasteiger partial charge in [-0.05, 0) is 77.6 Å². The van der Waals surface area contributed by atoms with Crippen molar-refractivity contribution in [3.8, 4) is 11.4 Å². The molecule has 1 fully saturated rings. The molecule has 0 amide bonds. The molecule has 150 valence electrons. The van der Waals surface area contributed by atoms with Crippen molar-refractivity contribution in [2.45, 2.75) is 57.9 Å². The number of phenolic OH excluding ortho intramolecular Hbond substituents is 1. The Morgan fingerprint density at radius 3 is 2.59 bits per heavy atom. The van der Waals surface area contributed by atoms with Crippen LogP contribution in [0.15, 0.2) is 47.5 Å². The quantitative estimate of drug-likeness (QED) is 0.651. The summed E-state index contributed by atoms with van der Waals surface area (Å²) in [5.41, 5.74) is 3.97. The molecule has 0 aliphatic heterocycles. The fraction of sp³-hybridized carbons (Fsp3) is 0.391. The summed E-state index contributed by atoms with van der Waals surface area (Å²) in [6, 6.07) is 13.4. The van der Waals surface area contributed by atoms with E-state index in [2.05, 4.69) is 47.6 Å². The highest BCUT2D eigenvalue weighted by atomic mass is 16.3. The summed E-state index contributed by atoms with van der Waals surface area (Å²) in [5.74, 6) is 1.07. The number of hydrogen-bond acceptors (Lipinski definition) is 5. The van der Waals surface area contributed by atoms with Crippen molar-refractivity contribution in [3.05, 3.63) is 65.0 Å². The maximum Gasteiger partial charge on any atom is 0.184 e. The zero-order valence-corrected chi connectivity index (χ0v) is 17.0. The second kappa shape index (κ2) is 8.15. The van der Waals surface area contributed by atoms with Gasteiger partial charge in [-0.15, -0.1) is 5.10 Å². The summed E-state index contributed by atoms with van der Waals surface area (Å²) in [5, 5.41) is 22.5. The maximum atomic E-state index is 9.54. The van der Waals surface area contributed by atoms with Crippen molar-refractivity contribution >= 4 is 6.21 Å². The predicted molar refractivity (Wildman–Crippen MR) is 114 cm³/mol. The molecule has 1 heterocycles. The number of hydrogen-bond donors (Lipinski definition) is 1. The molecule has 1 aliphatic carbocycles. The first-order valence-corrected chi connectivity index (χ1v) is 10.3. The van der Waals surface area contributed by atoms with Crippen LogP contribution in [0.1, 0.15) is 61.5 Å². The molecule has 4 rings (SSSR count). The van der Waals surface area contributed by atoms with Gasteiger partial charge in [0, 0.05) is 6.21 Å². The lowest BCUT2D eigenvalue weighted by atomic mass is 9.81. The summed E-state index contributed by atoms with van der Waals surface area (Å²) in [7, 11) is 0. The molecule has 1 saturated carbocycles. The van der Waals surface area contributed by atoms with E-state index >= 15 is 0 Å². The third-order valence-electron chi connectivity index (χ3n) is 5.83. The largest absolute Gasteiger partial charge is 0.508 e. The monoisotopic (exact) mass is 389 g/mol. The molecule has 6 nitrogen and oxygen atoms in total. The maximum absolute atomic E-state index is 9.54. The van der Waals surface area contributed by atoms with Crippen LogP contribution in [0.5, 0.6) is 5.75 Å². The topological polar surface area (TPSA) is 76.2 Å². The summed E-state index contributed by atoms with van der Waals surface area (Å²) < 4.78 is 1.91. The number of aryl methyl sites for hydroxylation is 2. The summed E-state index contributed by atoms with van der Waals surface area (Å²) in [4.78, 5) is 5.06. The number of aromatic nitrogens is 4. The molecular formula is C23H27N5O. The van der Waals surface area contributed by atoms with Crippen molar-refractivity contribution in [2.24, 2.45) is 4.99 Å². The number of tetrazole rings is 1. The van der Waals surface area contributed by atoms with E-state index in [4.69, 9.17) is 4.99 Å². The minimum atomic E-state index is -0.438. The minimum absolute atomic E-state index is 0.255. The van der Waals surface area contributed by atoms with Gasteiger partial charge in [0.25, 0.3) is 0 Å². The smallest absolute Gasteiger partial charge is 0.184 e. The SMILES string of the molecule is CCc1cccc(C)c1-n1nnnc1C1(N=Cc2ccc(O)cc2)CCCCC1. The standard InChI is InChI=1S/C23H27N5O/c1-3-19-9-7-8-17(2)21(19)28-22(25-26-27-28)23(14-5-4-6-15-23)24-16-18-10-12-20(29)13-11-18/h7-13,16,29H,3-6,14-15H2,1-2H3. The highest BCUT2D eigenvalue weighted by molar-refractivity contribution is 5.80. The van der Waals surface area contributed by atoms with Crippen LogP contribution in [0, 0.1) is 6.92 Å². The van der Waals surface area contributed by atoms with E-state index in [1.165, 1.54) is 12.0 Å². The van der Waals surface area contributed by atoms with Gasteiger partial charge in [0.15, 0.2) is 5.82 Å². The average Bonchev–Trinajstić information content (AvgIpc) is 3.24. The number of rotatable bonds is 5. The number of aliphatic imine (C=N–C) groups is 1. The third-order valence-corrected chi connectivity index (χ3v) is 5.83. The van der Waals surface area contributed by atoms with Crippen LogP contribution in [0.4, 0.5) is 0 Å². The summed E-state index contributed by atoms with van der Waals surface area (Å²) >= 11 is 0. The molecule has 0 atom stereocenters. The zero-order valence-electron chi connectivity index (χ0n) is 17.0. The van der Waals surface area contributed by atoms with E-state index in [9.17, 15) is 5.11 Å². The van der Waals surface area contributed by atoms with Crippen LogP contribution in [0.3, 0.4) is 0 Å². The molecule has 29 heavy (non-hydrogen) atoms. The normalized spacial score (nSPS) is 16.3. The van der Waals surface area contributed by atoms with Crippen LogP contribution in [-0.2, 0) is 12.0 Å². The molecule has 1 N–H and O–H groups in total. The van der Waals surface area contributed by atoms with Crippen LogP contribution in [0.25, 0.3) is 5.69 Å². The Morgan fingerprint density at radius 2 is 1.86 bits per heavy atom. The van der Waals surface area contributed by atoms with Crippen molar-refractivity contribution in [1.82, 2.24) is 20.2 Å². The number of nitrogens with zero attached hydrogens (tertiary/aromatic N) is 5. The fourth-order valence-corrected chi connectivity index (χ4v) is 4.24. The van der Waals surface area contributed by atoms with E-state index in [1.807, 2.05) is 23.0 Å². The Labute approximate surface area is 171 Å². The zero-order chi connectivity index (χ0) is 20.3. The van der Waals surface area contributed by atoms with E-state index in [-0.39, 0.29) is 5.75 Å². The average molecular weight is 390 g/mol. The number of aromatic hydroxyl groups is 1. The lowest BCUT2D eigenvalue weighted by molar-refractivity contribution is 0.285. The summed E-state index contributed by atoms with van der Waals surface area (Å²) in [6.07, 6.45) is 8.08. The Kier molecular flexibility index (Phi) is 5.43. The van der Waals surface area contributed by atoms with Gasteiger partial charge in [0.05, 0.1) is 5.69 Å². The molecule has 1 aromatic heterocycles. The number of para-hydroxylation sites is 1. The highest BCUT2D eigenvalue weighted by Gasteiger charge is 2.39. The first-order chi connectivity index (χ1) is 14.1. The Balaban J connectivity index is 1.80. The first kappa shape index (κ1) is 19.3. The lowest BCUT2D eigenvalue weighted by Crippen LogP contribution is -2.31. The molecule has 6 heteroatoms. The predicted octanol–water partition coefficient (Wildman–Crippen LogP) is 4.52. The Hall–Kier alpha value is -3.02. The second-order valence-corrected chi connectivity index (χ2v) is 7.79. The summed E-state index contributed by atoms with van der Waals surface area (Å²) in [6.45, 7) is 4.26. The molecule has 0 unspecified atom stereocenters. The van der Waals surface area contributed by atoms with Gasteiger partial charge in [-0.3, -0.25) is 4.99 Å². The lowest BCUT2D eigenvalue weighted by Gasteiger charge is -2.32. The van der Waals surface area contributed by atoms with Gasteiger partial charge in [-0.25, -0.2) is 0 Å². The van der Waals surface area contributed by atoms with Gasteiger partial charge in [-0.2, -0.15) is 4.68 Å². The van der Waals surface area contributed by atoms with E-state index in [0.29, 0.717) is 0 Å². The third kappa shape index (κ3) is 3.79. The second-order valence-electron chi connectivity index (χ2n) is 7.79. The Bertz CT molecular complexity index is 1000. The van der Waals surface area contributed by atoms with Crippen molar-refractivity contribution in [1.29, 1.82) is 0 Å². The minimum Gasteiger partial charge on any atom is -0.508 e. The molecule has 2 aromatic carbocycles. The van der Waals surface area contributed by atoms with Crippen LogP contribution < -0.4 is 0 Å². The molecule has 1 aliphatic rings. The first-order valence-electron chi connectivity index (χ1n) is 10.3. The van der Waals surface area contributed by atoms with Gasteiger partial charge in [0.2, 0.25) is 0 Å². The Morgan fingerprint density at radius 1 is 1.10 bits per heavy atom. The number of benzene rings is 2. The number of phenols is 1. The van der Waals surface area contributed by atoms with Crippen molar-refractivity contribution in [3.63, 3.8) is 0 Å². The van der Waals surface area contributed by atoms with E-state index in [1.54, 1.807) is 12.1 Å². The van der Waals surface area contributed by atoms with E-state index in [0.717, 1.165) is 54.7 Å². The van der Waals surface area contributed by atoms with Crippen molar-refractivity contribution < 1.29 is 5.11 Å². The molecule has 3 aromatic rings. The molecule has 0 radical (unpaired) electrons. The van der Waals surface area contributed by atoms with Gasteiger partial charge < -0.3 is 5.11 Å².